The van der Waals surface area contributed by atoms with E-state index in [1.54, 1.807) is 0 Å². The largest absolute Gasteiger partial charge is 0.412 e. The van der Waals surface area contributed by atoms with Gasteiger partial charge in [0.15, 0.2) is 8.32 Å². The average Bonchev–Trinajstić information content (AvgIpc) is 2.84. The van der Waals surface area contributed by atoms with Crippen molar-refractivity contribution in [2.45, 2.75) is 96.5 Å². The van der Waals surface area contributed by atoms with E-state index in [0.717, 1.165) is 45.2 Å². The first-order valence-corrected chi connectivity index (χ1v) is 12.2. The summed E-state index contributed by atoms with van der Waals surface area (Å²) < 4.78 is 6.55. The molecule has 5 heteroatoms. The number of carbonyl (C=O) groups excluding carboxylic acids is 1. The number of likely N-dealkylation sites (tertiary alicyclic amines) is 1. The standard InChI is InChI=1S/C18H38N2O2Si/c1-7-15-13-16(22-23(5,6)18(2,3)4)14-20(15)17(21)11-9-8-10-12-19/h15-16H,7-14,19H2,1-6H3/t15-,16+/m1/s1. The highest BCUT2D eigenvalue weighted by Gasteiger charge is 2.42. The third kappa shape index (κ3) is 5.87. The Bertz CT molecular complexity index is 380. The lowest BCUT2D eigenvalue weighted by Gasteiger charge is -2.38. The molecule has 1 heterocycles. The van der Waals surface area contributed by atoms with Crippen LogP contribution in [0.1, 0.15) is 66.2 Å². The Morgan fingerprint density at radius 1 is 1.26 bits per heavy atom. The predicted octanol–water partition coefficient (Wildman–Crippen LogP) is 3.91. The van der Waals surface area contributed by atoms with Gasteiger partial charge in [-0.3, -0.25) is 4.79 Å². The van der Waals surface area contributed by atoms with Crippen molar-refractivity contribution in [3.63, 3.8) is 0 Å². The van der Waals surface area contributed by atoms with E-state index in [4.69, 9.17) is 10.2 Å². The second kappa shape index (κ2) is 8.63. The van der Waals surface area contributed by atoms with Crippen LogP contribution in [0.5, 0.6) is 0 Å². The van der Waals surface area contributed by atoms with Crippen LogP contribution < -0.4 is 5.73 Å². The predicted molar refractivity (Wildman–Crippen MR) is 100 cm³/mol. The first kappa shape index (κ1) is 20.7. The van der Waals surface area contributed by atoms with Gasteiger partial charge in [0.25, 0.3) is 0 Å². The summed E-state index contributed by atoms with van der Waals surface area (Å²) in [7, 11) is -1.76. The minimum absolute atomic E-state index is 0.217. The topological polar surface area (TPSA) is 55.6 Å². The summed E-state index contributed by atoms with van der Waals surface area (Å²) in [5.41, 5.74) is 5.52. The number of amides is 1. The molecule has 0 spiro atoms. The fourth-order valence-corrected chi connectivity index (χ4v) is 4.34. The molecule has 1 saturated heterocycles. The molecule has 0 aliphatic carbocycles. The molecule has 0 unspecified atom stereocenters. The maximum absolute atomic E-state index is 12.5. The lowest BCUT2D eigenvalue weighted by Crippen LogP contribution is -2.44. The number of nitrogens with two attached hydrogens (primary N) is 1. The van der Waals surface area contributed by atoms with Crippen molar-refractivity contribution in [1.29, 1.82) is 0 Å². The van der Waals surface area contributed by atoms with Crippen LogP contribution >= 0.6 is 0 Å². The molecule has 0 aromatic heterocycles. The normalized spacial score (nSPS) is 22.7. The monoisotopic (exact) mass is 342 g/mol. The molecule has 1 amide bonds. The van der Waals surface area contributed by atoms with Gasteiger partial charge in [-0.25, -0.2) is 0 Å². The summed E-state index contributed by atoms with van der Waals surface area (Å²) in [5.74, 6) is 0.301. The summed E-state index contributed by atoms with van der Waals surface area (Å²) in [6.45, 7) is 15.1. The molecule has 2 N–H and O–H groups in total. The lowest BCUT2D eigenvalue weighted by atomic mass is 10.1. The smallest absolute Gasteiger partial charge is 0.222 e. The van der Waals surface area contributed by atoms with Crippen LogP contribution in [0.2, 0.25) is 18.1 Å². The SMILES string of the molecule is CC[C@@H]1C[C@H](O[Si](C)(C)C(C)(C)C)CN1C(=O)CCCCCN. The molecule has 136 valence electrons. The molecular weight excluding hydrogens is 304 g/mol. The zero-order chi connectivity index (χ0) is 17.7. The van der Waals surface area contributed by atoms with Crippen LogP contribution in [-0.4, -0.2) is 44.4 Å². The van der Waals surface area contributed by atoms with E-state index in [0.29, 0.717) is 18.4 Å². The number of nitrogens with zero attached hydrogens (tertiary/aromatic N) is 1. The summed E-state index contributed by atoms with van der Waals surface area (Å²) in [4.78, 5) is 14.6. The third-order valence-electron chi connectivity index (χ3n) is 5.53. The molecule has 2 atom stereocenters. The molecule has 23 heavy (non-hydrogen) atoms. The van der Waals surface area contributed by atoms with E-state index < -0.39 is 8.32 Å². The Balaban J connectivity index is 2.58. The van der Waals surface area contributed by atoms with Gasteiger partial charge in [0, 0.05) is 19.0 Å². The van der Waals surface area contributed by atoms with Gasteiger partial charge >= 0.3 is 0 Å². The zero-order valence-electron chi connectivity index (χ0n) is 16.2. The van der Waals surface area contributed by atoms with Crippen LogP contribution in [0, 0.1) is 0 Å². The van der Waals surface area contributed by atoms with E-state index in [-0.39, 0.29) is 11.1 Å². The highest BCUT2D eigenvalue weighted by atomic mass is 28.4. The van der Waals surface area contributed by atoms with E-state index >= 15 is 0 Å². The van der Waals surface area contributed by atoms with Gasteiger partial charge in [0.2, 0.25) is 5.91 Å². The van der Waals surface area contributed by atoms with Crippen LogP contribution in [0.25, 0.3) is 0 Å². The average molecular weight is 343 g/mol. The Hall–Kier alpha value is -0.393. The maximum atomic E-state index is 12.5. The number of carbonyl (C=O) groups is 1. The number of unbranched alkanes of at least 4 members (excludes halogenated alkanes) is 2. The minimum atomic E-state index is -1.76. The zero-order valence-corrected chi connectivity index (χ0v) is 17.2. The van der Waals surface area contributed by atoms with E-state index in [1.165, 1.54) is 0 Å². The van der Waals surface area contributed by atoms with Crippen molar-refractivity contribution >= 4 is 14.2 Å². The van der Waals surface area contributed by atoms with Crippen LogP contribution in [0.4, 0.5) is 0 Å². The molecule has 0 bridgehead atoms. The maximum Gasteiger partial charge on any atom is 0.222 e. The van der Waals surface area contributed by atoms with E-state index in [1.807, 2.05) is 0 Å². The van der Waals surface area contributed by atoms with E-state index in [2.05, 4.69) is 45.7 Å². The molecule has 1 rings (SSSR count). The van der Waals surface area contributed by atoms with Crippen molar-refractivity contribution in [1.82, 2.24) is 4.90 Å². The van der Waals surface area contributed by atoms with E-state index in [9.17, 15) is 4.79 Å². The molecule has 0 aromatic rings. The number of hydrogen-bond acceptors (Lipinski definition) is 3. The summed E-state index contributed by atoms with van der Waals surface area (Å²) in [5, 5.41) is 0.217. The van der Waals surface area contributed by atoms with Gasteiger partial charge in [-0.2, -0.15) is 0 Å². The third-order valence-corrected chi connectivity index (χ3v) is 10.1. The highest BCUT2D eigenvalue weighted by molar-refractivity contribution is 6.74. The molecule has 0 saturated carbocycles. The van der Waals surface area contributed by atoms with Gasteiger partial charge in [0.05, 0.1) is 6.10 Å². The van der Waals surface area contributed by atoms with Crippen molar-refractivity contribution < 1.29 is 9.22 Å². The van der Waals surface area contributed by atoms with Gasteiger partial charge < -0.3 is 15.1 Å². The fourth-order valence-electron chi connectivity index (χ4n) is 2.99. The van der Waals surface area contributed by atoms with Crippen LogP contribution in [0.3, 0.4) is 0 Å². The van der Waals surface area contributed by atoms with Crippen LogP contribution in [0.15, 0.2) is 0 Å². The molecule has 1 aliphatic rings. The Morgan fingerprint density at radius 2 is 1.91 bits per heavy atom. The van der Waals surface area contributed by atoms with Crippen molar-refractivity contribution in [2.24, 2.45) is 5.73 Å². The second-order valence-electron chi connectivity index (χ2n) is 8.44. The van der Waals surface area contributed by atoms with Crippen molar-refractivity contribution in [3.8, 4) is 0 Å². The lowest BCUT2D eigenvalue weighted by molar-refractivity contribution is -0.132. The highest BCUT2D eigenvalue weighted by Crippen LogP contribution is 2.39. The Morgan fingerprint density at radius 3 is 2.43 bits per heavy atom. The number of rotatable bonds is 8. The summed E-state index contributed by atoms with van der Waals surface area (Å²) >= 11 is 0. The number of hydrogen-bond donors (Lipinski definition) is 1. The first-order chi connectivity index (χ1) is 10.6. The van der Waals surface area contributed by atoms with Crippen molar-refractivity contribution in [3.05, 3.63) is 0 Å². The van der Waals surface area contributed by atoms with Gasteiger partial charge in [-0.1, -0.05) is 34.1 Å². The Kier molecular flexibility index (Phi) is 7.75. The minimum Gasteiger partial charge on any atom is -0.412 e. The molecule has 0 radical (unpaired) electrons. The quantitative estimate of drug-likeness (QED) is 0.537. The molecule has 0 aromatic carbocycles. The van der Waals surface area contributed by atoms with Gasteiger partial charge in [0.1, 0.15) is 0 Å². The molecular formula is C18H38N2O2Si. The second-order valence-corrected chi connectivity index (χ2v) is 13.2. The van der Waals surface area contributed by atoms with Gasteiger partial charge in [-0.15, -0.1) is 0 Å². The van der Waals surface area contributed by atoms with Gasteiger partial charge in [-0.05, 0) is 50.4 Å². The summed E-state index contributed by atoms with van der Waals surface area (Å²) in [6, 6.07) is 0.353. The van der Waals surface area contributed by atoms with Crippen molar-refractivity contribution in [2.75, 3.05) is 13.1 Å². The fraction of sp³-hybridized carbons (Fsp3) is 0.944. The molecule has 4 nitrogen and oxygen atoms in total. The first-order valence-electron chi connectivity index (χ1n) is 9.29. The Labute approximate surface area is 144 Å². The summed E-state index contributed by atoms with van der Waals surface area (Å²) in [6.07, 6.45) is 5.91. The molecule has 1 fully saturated rings. The van der Waals surface area contributed by atoms with Crippen LogP contribution in [-0.2, 0) is 9.22 Å². The molecule has 1 aliphatic heterocycles.